The Balaban J connectivity index is 2.20. The van der Waals surface area contributed by atoms with Gasteiger partial charge in [0.1, 0.15) is 6.10 Å². The zero-order chi connectivity index (χ0) is 14.2. The molecule has 106 valence electrons. The first-order valence-corrected chi connectivity index (χ1v) is 7.33. The van der Waals surface area contributed by atoms with E-state index in [4.69, 9.17) is 4.74 Å². The second kappa shape index (κ2) is 5.15. The van der Waals surface area contributed by atoms with E-state index in [1.165, 1.54) is 25.3 Å². The van der Waals surface area contributed by atoms with E-state index in [2.05, 4.69) is 33.4 Å². The van der Waals surface area contributed by atoms with E-state index < -0.39 is 0 Å². The van der Waals surface area contributed by atoms with Gasteiger partial charge in [0, 0.05) is 13.3 Å². The summed E-state index contributed by atoms with van der Waals surface area (Å²) in [5.74, 6) is 1.00. The van der Waals surface area contributed by atoms with Gasteiger partial charge >= 0.3 is 5.97 Å². The molecule has 2 rings (SSSR count). The summed E-state index contributed by atoms with van der Waals surface area (Å²) in [6, 6.07) is 0. The first kappa shape index (κ1) is 14.4. The van der Waals surface area contributed by atoms with Crippen molar-refractivity contribution in [2.75, 3.05) is 0 Å². The Morgan fingerprint density at radius 3 is 2.74 bits per heavy atom. The molecule has 0 amide bonds. The quantitative estimate of drug-likeness (QED) is 0.521. The molecule has 0 N–H and O–H groups in total. The lowest BCUT2D eigenvalue weighted by atomic mass is 9.52. The van der Waals surface area contributed by atoms with E-state index in [1.807, 2.05) is 0 Å². The second-order valence-electron chi connectivity index (χ2n) is 6.90. The molecule has 0 aliphatic heterocycles. The molecule has 0 saturated heterocycles. The molecule has 3 unspecified atom stereocenters. The molecule has 0 radical (unpaired) electrons. The Labute approximate surface area is 116 Å². The minimum Gasteiger partial charge on any atom is -0.458 e. The van der Waals surface area contributed by atoms with Gasteiger partial charge in [-0.05, 0) is 49.0 Å². The number of hydrogen-bond acceptors (Lipinski definition) is 2. The van der Waals surface area contributed by atoms with Crippen LogP contribution in [0.4, 0.5) is 0 Å². The number of esters is 1. The van der Waals surface area contributed by atoms with Crippen molar-refractivity contribution in [2.45, 2.75) is 59.5 Å². The molecular formula is C17H26O2. The van der Waals surface area contributed by atoms with Crippen LogP contribution in [-0.2, 0) is 9.53 Å². The van der Waals surface area contributed by atoms with Gasteiger partial charge in [-0.25, -0.2) is 0 Å². The largest absolute Gasteiger partial charge is 0.458 e. The van der Waals surface area contributed by atoms with Crippen LogP contribution in [0, 0.1) is 17.3 Å². The van der Waals surface area contributed by atoms with E-state index in [1.54, 1.807) is 0 Å². The third kappa shape index (κ3) is 2.93. The monoisotopic (exact) mass is 262 g/mol. The average molecular weight is 262 g/mol. The smallest absolute Gasteiger partial charge is 0.303 e. The summed E-state index contributed by atoms with van der Waals surface area (Å²) in [6.45, 7) is 12.6. The van der Waals surface area contributed by atoms with Crippen molar-refractivity contribution < 1.29 is 9.53 Å². The number of carbonyl (C=O) groups is 1. The number of ether oxygens (including phenoxy) is 1. The summed E-state index contributed by atoms with van der Waals surface area (Å²) in [7, 11) is 0. The Kier molecular flexibility index (Phi) is 3.89. The SMILES string of the molecule is C=C1C(OC(C)=O)CC=C(C)CCC2C1CC2(C)C. The Hall–Kier alpha value is -1.05. The van der Waals surface area contributed by atoms with Crippen LogP contribution >= 0.6 is 0 Å². The van der Waals surface area contributed by atoms with Gasteiger partial charge in [-0.15, -0.1) is 0 Å². The van der Waals surface area contributed by atoms with Gasteiger partial charge in [-0.2, -0.15) is 0 Å². The summed E-state index contributed by atoms with van der Waals surface area (Å²) < 4.78 is 5.48. The van der Waals surface area contributed by atoms with E-state index in [0.717, 1.165) is 18.4 Å². The molecule has 3 atom stereocenters. The van der Waals surface area contributed by atoms with Gasteiger partial charge in [-0.3, -0.25) is 4.79 Å². The summed E-state index contributed by atoms with van der Waals surface area (Å²) >= 11 is 0. The third-order valence-electron chi connectivity index (χ3n) is 4.96. The van der Waals surface area contributed by atoms with Gasteiger partial charge in [0.25, 0.3) is 0 Å². The van der Waals surface area contributed by atoms with Crippen LogP contribution in [0.2, 0.25) is 0 Å². The van der Waals surface area contributed by atoms with Crippen LogP contribution in [0.1, 0.15) is 53.4 Å². The summed E-state index contributed by atoms with van der Waals surface area (Å²) in [4.78, 5) is 11.3. The lowest BCUT2D eigenvalue weighted by molar-refractivity contribution is -0.145. The molecule has 1 saturated carbocycles. The van der Waals surface area contributed by atoms with Crippen molar-refractivity contribution in [3.05, 3.63) is 23.8 Å². The highest BCUT2D eigenvalue weighted by atomic mass is 16.5. The van der Waals surface area contributed by atoms with E-state index in [9.17, 15) is 4.79 Å². The molecule has 2 heteroatoms. The Morgan fingerprint density at radius 2 is 2.16 bits per heavy atom. The van der Waals surface area contributed by atoms with Gasteiger partial charge in [0.05, 0.1) is 0 Å². The summed E-state index contributed by atoms with van der Waals surface area (Å²) in [5, 5.41) is 0. The Bertz CT molecular complexity index is 417. The maximum atomic E-state index is 11.3. The maximum absolute atomic E-state index is 11.3. The zero-order valence-corrected chi connectivity index (χ0v) is 12.7. The molecule has 0 aromatic rings. The number of rotatable bonds is 1. The van der Waals surface area contributed by atoms with E-state index in [0.29, 0.717) is 17.3 Å². The highest BCUT2D eigenvalue weighted by Gasteiger charge is 2.49. The minimum absolute atomic E-state index is 0.130. The van der Waals surface area contributed by atoms with Crippen LogP contribution in [0.3, 0.4) is 0 Å². The minimum atomic E-state index is -0.202. The summed E-state index contributed by atoms with van der Waals surface area (Å²) in [6.07, 6.45) is 6.43. The number of allylic oxidation sites excluding steroid dienone is 1. The number of hydrogen-bond donors (Lipinski definition) is 0. The first-order chi connectivity index (χ1) is 8.81. The predicted octanol–water partition coefficient (Wildman–Crippen LogP) is 4.27. The topological polar surface area (TPSA) is 26.3 Å². The predicted molar refractivity (Wildman–Crippen MR) is 77.7 cm³/mol. The van der Waals surface area contributed by atoms with Crippen molar-refractivity contribution in [3.8, 4) is 0 Å². The van der Waals surface area contributed by atoms with Crippen LogP contribution in [0.15, 0.2) is 23.8 Å². The average Bonchev–Trinajstić information content (AvgIpc) is 2.33. The molecule has 0 aromatic carbocycles. The van der Waals surface area contributed by atoms with Gasteiger partial charge in [0.2, 0.25) is 0 Å². The molecular weight excluding hydrogens is 236 g/mol. The van der Waals surface area contributed by atoms with E-state index in [-0.39, 0.29) is 12.1 Å². The molecule has 2 aliphatic rings. The standard InChI is InChI=1S/C17H26O2/c1-11-6-8-15-14(10-17(15,4)5)12(2)16(9-7-11)19-13(3)18/h7,14-16H,2,6,8-10H2,1,3-5H3. The van der Waals surface area contributed by atoms with Gasteiger partial charge < -0.3 is 4.74 Å². The van der Waals surface area contributed by atoms with Crippen molar-refractivity contribution in [2.24, 2.45) is 17.3 Å². The molecule has 0 heterocycles. The fourth-order valence-corrected chi connectivity index (χ4v) is 3.73. The first-order valence-electron chi connectivity index (χ1n) is 7.33. The van der Waals surface area contributed by atoms with Crippen LogP contribution in [-0.4, -0.2) is 12.1 Å². The molecule has 0 aromatic heterocycles. The van der Waals surface area contributed by atoms with E-state index >= 15 is 0 Å². The number of carbonyl (C=O) groups excluding carboxylic acids is 1. The fourth-order valence-electron chi connectivity index (χ4n) is 3.73. The van der Waals surface area contributed by atoms with Crippen molar-refractivity contribution in [1.29, 1.82) is 0 Å². The lowest BCUT2D eigenvalue weighted by Gasteiger charge is -2.53. The molecule has 19 heavy (non-hydrogen) atoms. The normalized spacial score (nSPS) is 34.0. The number of fused-ring (bicyclic) bond motifs is 1. The van der Waals surface area contributed by atoms with Crippen molar-refractivity contribution in [1.82, 2.24) is 0 Å². The second-order valence-corrected chi connectivity index (χ2v) is 6.90. The Morgan fingerprint density at radius 1 is 1.47 bits per heavy atom. The fraction of sp³-hybridized carbons (Fsp3) is 0.706. The van der Waals surface area contributed by atoms with Crippen LogP contribution < -0.4 is 0 Å². The molecule has 2 aliphatic carbocycles. The van der Waals surface area contributed by atoms with Gasteiger partial charge in [0.15, 0.2) is 0 Å². The summed E-state index contributed by atoms with van der Waals surface area (Å²) in [5.41, 5.74) is 2.94. The maximum Gasteiger partial charge on any atom is 0.303 e. The highest BCUT2D eigenvalue weighted by Crippen LogP contribution is 2.56. The third-order valence-corrected chi connectivity index (χ3v) is 4.96. The van der Waals surface area contributed by atoms with Gasteiger partial charge in [-0.1, -0.05) is 32.1 Å². The highest BCUT2D eigenvalue weighted by molar-refractivity contribution is 5.66. The van der Waals surface area contributed by atoms with Crippen LogP contribution in [0.25, 0.3) is 0 Å². The molecule has 1 fully saturated rings. The van der Waals surface area contributed by atoms with Crippen molar-refractivity contribution >= 4 is 5.97 Å². The molecule has 0 bridgehead atoms. The molecule has 2 nitrogen and oxygen atoms in total. The van der Waals surface area contributed by atoms with Crippen molar-refractivity contribution in [3.63, 3.8) is 0 Å². The zero-order valence-electron chi connectivity index (χ0n) is 12.7. The van der Waals surface area contributed by atoms with Crippen LogP contribution in [0.5, 0.6) is 0 Å². The molecule has 0 spiro atoms. The lowest BCUT2D eigenvalue weighted by Crippen LogP contribution is -2.46.